The number of fused-ring (bicyclic) bond motifs is 3. The molecule has 4 aromatic carbocycles. The average molecular weight is 1120 g/mol. The Morgan fingerprint density at radius 1 is 0.659 bits per heavy atom. The van der Waals surface area contributed by atoms with Crippen molar-refractivity contribution >= 4 is 46.2 Å². The normalized spacial score (nSPS) is 15.5. The molecule has 4 amide bonds. The number of benzene rings is 4. The summed E-state index contributed by atoms with van der Waals surface area (Å²) in [6.07, 6.45) is 7.22. The number of likely N-dealkylation sites (tertiary alicyclic amines) is 1. The highest BCUT2D eigenvalue weighted by Crippen LogP contribution is 2.35. The van der Waals surface area contributed by atoms with Crippen LogP contribution in [0.25, 0.3) is 22.3 Å². The zero-order valence-electron chi connectivity index (χ0n) is 46.4. The minimum atomic E-state index is -0.214. The van der Waals surface area contributed by atoms with Crippen LogP contribution < -0.4 is 26.0 Å². The smallest absolute Gasteiger partial charge is 0.246 e. The predicted octanol–water partition coefficient (Wildman–Crippen LogP) is 5.62. The maximum absolute atomic E-state index is 13.5. The molecular weight excluding hydrogens is 1040 g/mol. The Hall–Kier alpha value is -8.03. The van der Waals surface area contributed by atoms with Crippen molar-refractivity contribution in [1.29, 1.82) is 0 Å². The van der Waals surface area contributed by atoms with Crippen molar-refractivity contribution in [3.8, 4) is 34.6 Å². The van der Waals surface area contributed by atoms with Crippen LogP contribution in [0, 0.1) is 11.8 Å². The van der Waals surface area contributed by atoms with E-state index in [-0.39, 0.29) is 48.9 Å². The number of piperazine rings is 1. The van der Waals surface area contributed by atoms with Gasteiger partial charge in [0, 0.05) is 107 Å². The molecule has 5 heterocycles. The van der Waals surface area contributed by atoms with Crippen molar-refractivity contribution in [2.45, 2.75) is 44.7 Å². The predicted molar refractivity (Wildman–Crippen MR) is 312 cm³/mol. The lowest BCUT2D eigenvalue weighted by Crippen LogP contribution is -2.48. The fourth-order valence-electron chi connectivity index (χ4n) is 10.00. The first-order valence-corrected chi connectivity index (χ1v) is 28.3. The standard InChI is InChI=1S/C62H73N11O9/c63-61-59-60(49-20-22-53(23-21-49)82-52-14-2-1-3-15-52)68-73(62(59)67-46-66-61)51-13-8-30-71(45-51)57(76)17-9-29-69-32-34-70(35-33-69)31-27-64-56(75)26-36-78-38-40-80-42-43-81-41-39-79-37-28-65-55(74)24-25-58(77)72-44-50-12-5-4-10-47(50)18-19-48-11-6-7-16-54(48)72/h1-7,9-12,14-17,20-23,46,51H,8,13,24-45H2,(H,64,75)(H,65,74)(H2,63,66,67)/b17-9+/t51-/m1/s1. The summed E-state index contributed by atoms with van der Waals surface area (Å²) in [5.41, 5.74) is 12.0. The molecule has 9 rings (SSSR count). The van der Waals surface area contributed by atoms with Crippen LogP contribution in [-0.2, 0) is 44.7 Å². The lowest BCUT2D eigenvalue weighted by atomic mass is 10.0. The largest absolute Gasteiger partial charge is 0.457 e. The van der Waals surface area contributed by atoms with Crippen LogP contribution in [0.3, 0.4) is 0 Å². The minimum absolute atomic E-state index is 0.0175. The van der Waals surface area contributed by atoms with Gasteiger partial charge in [0.25, 0.3) is 0 Å². The van der Waals surface area contributed by atoms with E-state index in [9.17, 15) is 19.2 Å². The number of carbonyl (C=O) groups is 4. The molecular formula is C62H73N11O9. The van der Waals surface area contributed by atoms with E-state index in [1.54, 1.807) is 11.0 Å². The molecule has 82 heavy (non-hydrogen) atoms. The monoisotopic (exact) mass is 1120 g/mol. The second-order valence-corrected chi connectivity index (χ2v) is 20.1. The third-order valence-corrected chi connectivity index (χ3v) is 14.4. The van der Waals surface area contributed by atoms with E-state index in [4.69, 9.17) is 34.5 Å². The summed E-state index contributed by atoms with van der Waals surface area (Å²) in [6, 6.07) is 32.6. The van der Waals surface area contributed by atoms with Crippen LogP contribution in [0.5, 0.6) is 11.5 Å². The lowest BCUT2D eigenvalue weighted by molar-refractivity contribution is -0.127. The number of amides is 4. The van der Waals surface area contributed by atoms with Gasteiger partial charge in [-0.1, -0.05) is 66.4 Å². The van der Waals surface area contributed by atoms with Crippen LogP contribution >= 0.6 is 0 Å². The third kappa shape index (κ3) is 17.0. The van der Waals surface area contributed by atoms with Crippen molar-refractivity contribution in [3.63, 3.8) is 0 Å². The first-order valence-electron chi connectivity index (χ1n) is 28.3. The van der Waals surface area contributed by atoms with Crippen LogP contribution in [0.1, 0.15) is 54.8 Å². The molecule has 2 fully saturated rings. The van der Waals surface area contributed by atoms with E-state index in [0.717, 1.165) is 79.3 Å². The quantitative estimate of drug-likeness (QED) is 0.0308. The van der Waals surface area contributed by atoms with Gasteiger partial charge in [0.15, 0.2) is 5.65 Å². The molecule has 0 radical (unpaired) electrons. The minimum Gasteiger partial charge on any atom is -0.457 e. The first-order chi connectivity index (χ1) is 40.3. The number of para-hydroxylation sites is 2. The maximum Gasteiger partial charge on any atom is 0.246 e. The number of hydrogen-bond acceptors (Lipinski definition) is 15. The van der Waals surface area contributed by atoms with Crippen molar-refractivity contribution in [1.82, 2.24) is 45.1 Å². The third-order valence-electron chi connectivity index (χ3n) is 14.4. The Morgan fingerprint density at radius 2 is 1.30 bits per heavy atom. The Bertz CT molecular complexity index is 3150. The van der Waals surface area contributed by atoms with Gasteiger partial charge in [-0.05, 0) is 73.0 Å². The number of aromatic nitrogens is 4. The highest BCUT2D eigenvalue weighted by molar-refractivity contribution is 5.99. The molecule has 3 aliphatic heterocycles. The van der Waals surface area contributed by atoms with Crippen molar-refractivity contribution in [3.05, 3.63) is 138 Å². The molecule has 3 aliphatic rings. The number of anilines is 2. The van der Waals surface area contributed by atoms with E-state index in [1.165, 1.54) is 6.33 Å². The first kappa shape index (κ1) is 58.6. The second kappa shape index (κ2) is 30.7. The summed E-state index contributed by atoms with van der Waals surface area (Å²) in [5.74, 6) is 7.80. The molecule has 0 aliphatic carbocycles. The number of nitrogen functional groups attached to an aromatic ring is 1. The van der Waals surface area contributed by atoms with Gasteiger partial charge in [0.05, 0.1) is 76.5 Å². The van der Waals surface area contributed by atoms with Crippen molar-refractivity contribution < 1.29 is 42.9 Å². The van der Waals surface area contributed by atoms with Crippen molar-refractivity contribution in [2.24, 2.45) is 0 Å². The average Bonchev–Trinajstić information content (AvgIpc) is 3.91. The summed E-state index contributed by atoms with van der Waals surface area (Å²) < 4.78 is 30.2. The number of hydrogen-bond donors (Lipinski definition) is 3. The molecule has 20 nitrogen and oxygen atoms in total. The van der Waals surface area contributed by atoms with E-state index in [1.807, 2.05) is 119 Å². The SMILES string of the molecule is Nc1ncnc2c1c(-c1ccc(Oc3ccccc3)cc1)nn2[C@@H]1CCCN(C(=O)/C=C/CN2CCN(CCNC(=O)CCOCCOCCOCCOCCNC(=O)CCC(=O)N3Cc4ccccc4C#Cc4ccccc43)CC2)C1. The van der Waals surface area contributed by atoms with E-state index >= 15 is 0 Å². The summed E-state index contributed by atoms with van der Waals surface area (Å²) in [6.45, 7) is 10.4. The molecule has 20 heteroatoms. The van der Waals surface area contributed by atoms with Gasteiger partial charge < -0.3 is 49.9 Å². The van der Waals surface area contributed by atoms with Crippen LogP contribution in [-0.4, -0.2) is 176 Å². The zero-order chi connectivity index (χ0) is 56.7. The van der Waals surface area contributed by atoms with Crippen molar-refractivity contribution in [2.75, 3.05) is 129 Å². The molecule has 0 unspecified atom stereocenters. The highest BCUT2D eigenvalue weighted by Gasteiger charge is 2.29. The fraction of sp³-hybridized carbons (Fsp3) is 0.403. The van der Waals surface area contributed by atoms with E-state index in [0.29, 0.717) is 120 Å². The number of ether oxygens (including phenoxy) is 5. The molecule has 0 saturated carbocycles. The highest BCUT2D eigenvalue weighted by atomic mass is 16.6. The van der Waals surface area contributed by atoms with E-state index < -0.39 is 0 Å². The fourth-order valence-corrected chi connectivity index (χ4v) is 10.00. The summed E-state index contributed by atoms with van der Waals surface area (Å²) in [4.78, 5) is 69.0. The number of nitrogens with one attached hydrogen (secondary N) is 2. The number of nitrogens with two attached hydrogens (primary N) is 1. The topological polar surface area (TPSA) is 221 Å². The number of piperidine rings is 1. The van der Waals surface area contributed by atoms with Gasteiger partial charge in [-0.3, -0.25) is 29.0 Å². The van der Waals surface area contributed by atoms with Gasteiger partial charge >= 0.3 is 0 Å². The van der Waals surface area contributed by atoms with Crippen LogP contribution in [0.15, 0.2) is 122 Å². The molecule has 2 aromatic heterocycles. The number of nitrogens with zero attached hydrogens (tertiary/aromatic N) is 8. The molecule has 4 N–H and O–H groups in total. The van der Waals surface area contributed by atoms with E-state index in [2.05, 4.69) is 42.2 Å². The Kier molecular flexibility index (Phi) is 21.9. The van der Waals surface area contributed by atoms with Crippen LogP contribution in [0.2, 0.25) is 0 Å². The van der Waals surface area contributed by atoms with Gasteiger partial charge in [0.1, 0.15) is 29.3 Å². The Labute approximate surface area is 478 Å². The number of rotatable bonds is 28. The number of carbonyl (C=O) groups excluding carboxylic acids is 4. The lowest BCUT2D eigenvalue weighted by Gasteiger charge is -2.34. The summed E-state index contributed by atoms with van der Waals surface area (Å²) in [5, 5.41) is 11.6. The molecule has 2 saturated heterocycles. The maximum atomic E-state index is 13.5. The second-order valence-electron chi connectivity index (χ2n) is 20.1. The zero-order valence-corrected chi connectivity index (χ0v) is 46.4. The molecule has 430 valence electrons. The molecule has 6 aromatic rings. The molecule has 0 bridgehead atoms. The Balaban J connectivity index is 0.557. The molecule has 1 atom stereocenters. The van der Waals surface area contributed by atoms with Gasteiger partial charge in [0.2, 0.25) is 23.6 Å². The molecule has 0 spiro atoms. The van der Waals surface area contributed by atoms with Gasteiger partial charge in [-0.25, -0.2) is 14.6 Å². The Morgan fingerprint density at radius 3 is 2.09 bits per heavy atom. The van der Waals surface area contributed by atoms with Crippen LogP contribution in [0.4, 0.5) is 11.5 Å². The van der Waals surface area contributed by atoms with Gasteiger partial charge in [-0.15, -0.1) is 0 Å². The summed E-state index contributed by atoms with van der Waals surface area (Å²) in [7, 11) is 0. The summed E-state index contributed by atoms with van der Waals surface area (Å²) >= 11 is 0. The van der Waals surface area contributed by atoms with Gasteiger partial charge in [-0.2, -0.15) is 5.10 Å².